The number of methoxy groups -OCH3 is 1. The Morgan fingerprint density at radius 3 is 2.68 bits per heavy atom. The number of cyclic esters (lactones) is 1. The first-order valence-electron chi connectivity index (χ1n) is 10.3. The van der Waals surface area contributed by atoms with E-state index < -0.39 is 18.0 Å². The normalized spacial score (nSPS) is 18.8. The maximum atomic E-state index is 13.2. The Morgan fingerprint density at radius 2 is 1.94 bits per heavy atom. The van der Waals surface area contributed by atoms with Gasteiger partial charge in [0.1, 0.15) is 5.75 Å². The fourth-order valence-corrected chi connectivity index (χ4v) is 4.19. The molecule has 0 amide bonds. The number of carbonyl (C=O) groups is 2. The summed E-state index contributed by atoms with van der Waals surface area (Å²) < 4.78 is 15.7. The van der Waals surface area contributed by atoms with Gasteiger partial charge in [-0.2, -0.15) is 0 Å². The molecule has 1 fully saturated rings. The van der Waals surface area contributed by atoms with Gasteiger partial charge in [-0.05, 0) is 53.8 Å². The van der Waals surface area contributed by atoms with Gasteiger partial charge in [0, 0.05) is 11.8 Å². The molecule has 1 aliphatic carbocycles. The van der Waals surface area contributed by atoms with E-state index in [1.165, 1.54) is 0 Å². The van der Waals surface area contributed by atoms with Crippen LogP contribution in [0.4, 0.5) is 0 Å². The number of rotatable bonds is 4. The first kappa shape index (κ1) is 19.3. The second kappa shape index (κ2) is 7.87. The van der Waals surface area contributed by atoms with Gasteiger partial charge in [0.2, 0.25) is 6.10 Å². The zero-order valence-electron chi connectivity index (χ0n) is 17.1. The second-order valence-corrected chi connectivity index (χ2v) is 7.62. The lowest BCUT2D eigenvalue weighted by atomic mass is 10.0. The summed E-state index contributed by atoms with van der Waals surface area (Å²) in [7, 11) is 1.64. The minimum Gasteiger partial charge on any atom is -0.497 e. The van der Waals surface area contributed by atoms with Gasteiger partial charge in [0.15, 0.2) is 0 Å². The number of nitrogens with zero attached hydrogens (tertiary/aromatic N) is 1. The van der Waals surface area contributed by atoms with Crippen LogP contribution in [0.5, 0.6) is 5.75 Å². The predicted molar refractivity (Wildman–Crippen MR) is 116 cm³/mol. The quantitative estimate of drug-likeness (QED) is 0.595. The highest BCUT2D eigenvalue weighted by atomic mass is 16.6. The maximum Gasteiger partial charge on any atom is 0.347 e. The molecule has 31 heavy (non-hydrogen) atoms. The van der Waals surface area contributed by atoms with Crippen LogP contribution in [0.1, 0.15) is 40.0 Å². The van der Waals surface area contributed by atoms with Gasteiger partial charge in [-0.15, -0.1) is 0 Å². The number of hydrogen-bond donors (Lipinski definition) is 0. The molecule has 2 aliphatic rings. The van der Waals surface area contributed by atoms with Gasteiger partial charge in [-0.3, -0.25) is 0 Å². The Labute approximate surface area is 179 Å². The van der Waals surface area contributed by atoms with Crippen LogP contribution in [0.15, 0.2) is 48.5 Å². The first-order chi connectivity index (χ1) is 15.1. The standard InChI is InChI=1S/C25H21NO5/c1-29-17-9-6-15(7-10-17)14-16-8-11-19-22(25(28)31-21-12-13-30-24(21)27)18-4-2-3-5-20(18)26-23(16)19/h2-7,9-10,14,21H,8,11-13H2,1H3/b16-14+/t21-/m0/s1. The van der Waals surface area contributed by atoms with Crippen LogP contribution in [0.3, 0.4) is 0 Å². The lowest BCUT2D eigenvalue weighted by molar-refractivity contribution is -0.145. The summed E-state index contributed by atoms with van der Waals surface area (Å²) >= 11 is 0. The number of ether oxygens (including phenoxy) is 3. The number of para-hydroxylation sites is 1. The zero-order valence-corrected chi connectivity index (χ0v) is 17.1. The largest absolute Gasteiger partial charge is 0.497 e. The average molecular weight is 415 g/mol. The van der Waals surface area contributed by atoms with Crippen molar-refractivity contribution in [2.45, 2.75) is 25.4 Å². The Hall–Kier alpha value is -3.67. The maximum absolute atomic E-state index is 13.2. The molecule has 0 saturated carbocycles. The van der Waals surface area contributed by atoms with Crippen LogP contribution in [0.2, 0.25) is 0 Å². The van der Waals surface area contributed by atoms with E-state index in [0.717, 1.165) is 45.5 Å². The highest BCUT2D eigenvalue weighted by Crippen LogP contribution is 2.38. The molecule has 5 rings (SSSR count). The average Bonchev–Trinajstić information content (AvgIpc) is 3.38. The number of benzene rings is 2. The summed E-state index contributed by atoms with van der Waals surface area (Å²) in [6.45, 7) is 0.278. The van der Waals surface area contributed by atoms with Gasteiger partial charge in [0.25, 0.3) is 0 Å². The van der Waals surface area contributed by atoms with E-state index >= 15 is 0 Å². The van der Waals surface area contributed by atoms with Crippen molar-refractivity contribution in [2.24, 2.45) is 0 Å². The van der Waals surface area contributed by atoms with Crippen LogP contribution in [0.25, 0.3) is 22.6 Å². The first-order valence-corrected chi connectivity index (χ1v) is 10.3. The summed E-state index contributed by atoms with van der Waals surface area (Å²) in [5.74, 6) is -0.179. The molecule has 0 bridgehead atoms. The lowest BCUT2D eigenvalue weighted by Gasteiger charge is -2.14. The van der Waals surface area contributed by atoms with Crippen LogP contribution in [0, 0.1) is 0 Å². The van der Waals surface area contributed by atoms with Crippen LogP contribution >= 0.6 is 0 Å². The molecule has 1 atom stereocenters. The van der Waals surface area contributed by atoms with Crippen molar-refractivity contribution < 1.29 is 23.8 Å². The fourth-order valence-electron chi connectivity index (χ4n) is 4.19. The molecular formula is C25H21NO5. The summed E-state index contributed by atoms with van der Waals surface area (Å²) in [6.07, 6.45) is 3.10. The number of hydrogen-bond acceptors (Lipinski definition) is 6. The van der Waals surface area contributed by atoms with Crippen molar-refractivity contribution in [3.05, 3.63) is 70.9 Å². The minimum absolute atomic E-state index is 0.278. The number of aromatic nitrogens is 1. The number of esters is 2. The highest BCUT2D eigenvalue weighted by Gasteiger charge is 2.33. The number of carbonyl (C=O) groups excluding carboxylic acids is 2. The molecule has 0 spiro atoms. The molecule has 0 N–H and O–H groups in total. The smallest absolute Gasteiger partial charge is 0.347 e. The Bertz CT molecular complexity index is 1210. The second-order valence-electron chi connectivity index (χ2n) is 7.62. The van der Waals surface area contributed by atoms with E-state index in [9.17, 15) is 9.59 Å². The lowest BCUT2D eigenvalue weighted by Crippen LogP contribution is -2.23. The highest BCUT2D eigenvalue weighted by molar-refractivity contribution is 6.07. The van der Waals surface area contributed by atoms with Crippen LogP contribution in [-0.2, 0) is 20.7 Å². The van der Waals surface area contributed by atoms with Crippen molar-refractivity contribution in [2.75, 3.05) is 13.7 Å². The van der Waals surface area contributed by atoms with Crippen molar-refractivity contribution in [3.63, 3.8) is 0 Å². The number of allylic oxidation sites excluding steroid dienone is 1. The van der Waals surface area contributed by atoms with Gasteiger partial charge in [-0.1, -0.05) is 30.3 Å². The molecule has 1 aliphatic heterocycles. The molecular weight excluding hydrogens is 394 g/mol. The summed E-state index contributed by atoms with van der Waals surface area (Å²) in [5.41, 5.74) is 5.02. The number of fused-ring (bicyclic) bond motifs is 2. The molecule has 2 heterocycles. The number of pyridine rings is 1. The fraction of sp³-hybridized carbons (Fsp3) is 0.240. The van der Waals surface area contributed by atoms with E-state index in [1.807, 2.05) is 48.5 Å². The molecule has 1 aromatic heterocycles. The van der Waals surface area contributed by atoms with Crippen molar-refractivity contribution in [1.82, 2.24) is 4.98 Å². The molecule has 6 heteroatoms. The Morgan fingerprint density at radius 1 is 1.13 bits per heavy atom. The monoisotopic (exact) mass is 415 g/mol. The minimum atomic E-state index is -0.842. The van der Waals surface area contributed by atoms with E-state index in [-0.39, 0.29) is 6.61 Å². The third-order valence-corrected chi connectivity index (χ3v) is 5.74. The Balaban J connectivity index is 1.58. The molecule has 0 unspecified atom stereocenters. The molecule has 1 saturated heterocycles. The van der Waals surface area contributed by atoms with E-state index in [0.29, 0.717) is 18.4 Å². The van der Waals surface area contributed by atoms with Gasteiger partial charge < -0.3 is 14.2 Å². The summed E-state index contributed by atoms with van der Waals surface area (Å²) in [6, 6.07) is 15.3. The predicted octanol–water partition coefficient (Wildman–Crippen LogP) is 4.20. The molecule has 6 nitrogen and oxygen atoms in total. The summed E-state index contributed by atoms with van der Waals surface area (Å²) in [4.78, 5) is 29.8. The van der Waals surface area contributed by atoms with Gasteiger partial charge >= 0.3 is 11.9 Å². The topological polar surface area (TPSA) is 74.7 Å². The van der Waals surface area contributed by atoms with E-state index in [2.05, 4.69) is 6.08 Å². The van der Waals surface area contributed by atoms with Crippen molar-refractivity contribution in [1.29, 1.82) is 0 Å². The van der Waals surface area contributed by atoms with Crippen molar-refractivity contribution >= 4 is 34.5 Å². The Kier molecular flexibility index (Phi) is 4.90. The molecule has 0 radical (unpaired) electrons. The van der Waals surface area contributed by atoms with E-state index in [1.54, 1.807) is 7.11 Å². The third kappa shape index (κ3) is 3.54. The zero-order chi connectivity index (χ0) is 21.4. The van der Waals surface area contributed by atoms with Crippen molar-refractivity contribution in [3.8, 4) is 5.75 Å². The van der Waals surface area contributed by atoms with Crippen LogP contribution < -0.4 is 4.74 Å². The molecule has 3 aromatic rings. The van der Waals surface area contributed by atoms with E-state index in [4.69, 9.17) is 19.2 Å². The molecule has 156 valence electrons. The SMILES string of the molecule is COc1ccc(/C=C2\CCc3c2nc2ccccc2c3C(=O)O[C@H]2CCOC2=O)cc1. The van der Waals surface area contributed by atoms with Gasteiger partial charge in [-0.25, -0.2) is 14.6 Å². The third-order valence-electron chi connectivity index (χ3n) is 5.74. The summed E-state index contributed by atoms with van der Waals surface area (Å²) in [5, 5.41) is 0.739. The molecule has 2 aromatic carbocycles. The van der Waals surface area contributed by atoms with Gasteiger partial charge in [0.05, 0.1) is 30.5 Å². The van der Waals surface area contributed by atoms with Crippen LogP contribution in [-0.4, -0.2) is 36.7 Å².